The lowest BCUT2D eigenvalue weighted by Crippen LogP contribution is -2.35. The molecule has 0 aromatic heterocycles. The van der Waals surface area contributed by atoms with Crippen molar-refractivity contribution in [3.63, 3.8) is 0 Å². The van der Waals surface area contributed by atoms with Crippen LogP contribution in [0.15, 0.2) is 59.6 Å². The molecule has 2 aliphatic heterocycles. The lowest BCUT2D eigenvalue weighted by atomic mass is 10.1. The van der Waals surface area contributed by atoms with Gasteiger partial charge in [0.2, 0.25) is 0 Å². The van der Waals surface area contributed by atoms with E-state index in [1.165, 1.54) is 5.56 Å². The number of carbonyl (C=O) groups excluding carboxylic acids is 1. The fraction of sp³-hybridized carbons (Fsp3) is 0.333. The van der Waals surface area contributed by atoms with Crippen molar-refractivity contribution in [1.82, 2.24) is 4.90 Å². The number of benzene rings is 3. The predicted molar refractivity (Wildman–Crippen MR) is 146 cm³/mol. The summed E-state index contributed by atoms with van der Waals surface area (Å²) in [5.74, 6) is 2.85. The highest BCUT2D eigenvalue weighted by molar-refractivity contribution is 6.03. The third-order valence-electron chi connectivity index (χ3n) is 6.77. The van der Waals surface area contributed by atoms with Gasteiger partial charge in [-0.3, -0.25) is 9.79 Å². The van der Waals surface area contributed by atoms with E-state index in [2.05, 4.69) is 4.99 Å². The van der Waals surface area contributed by atoms with Crippen LogP contribution < -0.4 is 19.9 Å². The van der Waals surface area contributed by atoms with Gasteiger partial charge in [-0.25, -0.2) is 0 Å². The van der Waals surface area contributed by atoms with Crippen molar-refractivity contribution in [3.05, 3.63) is 71.3 Å². The van der Waals surface area contributed by atoms with E-state index in [0.717, 1.165) is 49.3 Å². The number of nitrogens with zero attached hydrogens (tertiary/aromatic N) is 2. The fourth-order valence-corrected chi connectivity index (χ4v) is 4.63. The van der Waals surface area contributed by atoms with Crippen molar-refractivity contribution in [2.45, 2.75) is 45.6 Å². The number of amides is 1. The first kappa shape index (κ1) is 24.7. The van der Waals surface area contributed by atoms with E-state index in [1.54, 1.807) is 6.07 Å². The summed E-state index contributed by atoms with van der Waals surface area (Å²) in [4.78, 5) is 19.5. The second kappa shape index (κ2) is 10.9. The summed E-state index contributed by atoms with van der Waals surface area (Å²) in [6.45, 7) is 5.91. The monoisotopic (exact) mass is 499 g/mol. The number of unbranched alkanes of at least 4 members (excludes halogenated alkanes) is 1. The van der Waals surface area contributed by atoms with Gasteiger partial charge in [0.05, 0.1) is 36.2 Å². The molecule has 7 heteroatoms. The molecule has 5 rings (SSSR count). The minimum atomic E-state index is 0.0666. The Morgan fingerprint density at radius 1 is 0.946 bits per heavy atom. The number of nitrogens with two attached hydrogens (primary N) is 1. The van der Waals surface area contributed by atoms with Gasteiger partial charge in [-0.2, -0.15) is 0 Å². The van der Waals surface area contributed by atoms with Crippen molar-refractivity contribution >= 4 is 23.5 Å². The topological polar surface area (TPSA) is 86.4 Å². The predicted octanol–water partition coefficient (Wildman–Crippen LogP) is 6.24. The molecule has 0 saturated carbocycles. The molecule has 2 N–H and O–H groups in total. The van der Waals surface area contributed by atoms with Crippen LogP contribution in [0.1, 0.15) is 47.2 Å². The van der Waals surface area contributed by atoms with Gasteiger partial charge in [0.1, 0.15) is 17.2 Å². The Morgan fingerprint density at radius 2 is 1.70 bits per heavy atom. The summed E-state index contributed by atoms with van der Waals surface area (Å²) in [6.07, 6.45) is 5.57. The molecule has 0 radical (unpaired) electrons. The quantitative estimate of drug-likeness (QED) is 0.278. The van der Waals surface area contributed by atoms with Crippen LogP contribution in [0.2, 0.25) is 0 Å². The first-order valence-corrected chi connectivity index (χ1v) is 12.9. The average Bonchev–Trinajstić information content (AvgIpc) is 3.33. The van der Waals surface area contributed by atoms with E-state index in [1.807, 2.05) is 73.5 Å². The van der Waals surface area contributed by atoms with Gasteiger partial charge in [-0.15, -0.1) is 0 Å². The van der Waals surface area contributed by atoms with Gasteiger partial charge in [-0.05, 0) is 75.4 Å². The van der Waals surface area contributed by atoms with Gasteiger partial charge < -0.3 is 24.8 Å². The van der Waals surface area contributed by atoms with Gasteiger partial charge in [-0.1, -0.05) is 17.7 Å². The summed E-state index contributed by atoms with van der Waals surface area (Å²) in [6, 6.07) is 17.2. The summed E-state index contributed by atoms with van der Waals surface area (Å²) in [5.41, 5.74) is 10.1. The Hall–Kier alpha value is -4.00. The average molecular weight is 500 g/mol. The Bertz CT molecular complexity index is 1300. The van der Waals surface area contributed by atoms with Crippen molar-refractivity contribution in [1.29, 1.82) is 0 Å². The second-order valence-corrected chi connectivity index (χ2v) is 9.64. The van der Waals surface area contributed by atoms with Gasteiger partial charge in [0.25, 0.3) is 5.91 Å². The molecule has 1 saturated heterocycles. The van der Waals surface area contributed by atoms with Gasteiger partial charge in [0.15, 0.2) is 5.75 Å². The number of hydrogen-bond donors (Lipinski definition) is 1. The highest BCUT2D eigenvalue weighted by atomic mass is 16.5. The Morgan fingerprint density at radius 3 is 2.51 bits per heavy atom. The number of fused-ring (bicyclic) bond motifs is 2. The molecule has 37 heavy (non-hydrogen) atoms. The highest BCUT2D eigenvalue weighted by Gasteiger charge is 2.32. The molecule has 0 aliphatic carbocycles. The van der Waals surface area contributed by atoms with Crippen LogP contribution in [0.4, 0.5) is 11.4 Å². The van der Waals surface area contributed by atoms with Crippen LogP contribution in [0.25, 0.3) is 0 Å². The van der Waals surface area contributed by atoms with E-state index in [4.69, 9.17) is 19.9 Å². The molecule has 2 heterocycles. The first-order chi connectivity index (χ1) is 18.0. The molecule has 2 aliphatic rings. The minimum absolute atomic E-state index is 0.0666. The summed E-state index contributed by atoms with van der Waals surface area (Å²) in [7, 11) is 0. The van der Waals surface area contributed by atoms with Crippen LogP contribution in [0, 0.1) is 13.8 Å². The molecule has 0 bridgehead atoms. The molecule has 7 nitrogen and oxygen atoms in total. The number of hydrogen-bond acceptors (Lipinski definition) is 6. The summed E-state index contributed by atoms with van der Waals surface area (Å²) in [5, 5.41) is 0. The number of aliphatic imine (C=N–C) groups is 1. The van der Waals surface area contributed by atoms with E-state index >= 15 is 0 Å². The van der Waals surface area contributed by atoms with Crippen LogP contribution >= 0.6 is 0 Å². The molecule has 0 spiro atoms. The molecule has 0 unspecified atom stereocenters. The number of anilines is 1. The van der Waals surface area contributed by atoms with Crippen molar-refractivity contribution in [2.24, 2.45) is 4.99 Å². The molecule has 1 fully saturated rings. The number of nitrogen functional groups attached to an aromatic ring is 1. The number of carbonyl (C=O) groups is 1. The van der Waals surface area contributed by atoms with Gasteiger partial charge >= 0.3 is 0 Å². The smallest absolute Gasteiger partial charge is 0.256 e. The van der Waals surface area contributed by atoms with E-state index in [0.29, 0.717) is 41.7 Å². The zero-order valence-corrected chi connectivity index (χ0v) is 21.4. The second-order valence-electron chi connectivity index (χ2n) is 9.64. The lowest BCUT2D eigenvalue weighted by molar-refractivity contribution is 0.0774. The van der Waals surface area contributed by atoms with Gasteiger partial charge in [0, 0.05) is 24.9 Å². The van der Waals surface area contributed by atoms with E-state index in [9.17, 15) is 4.79 Å². The number of rotatable bonds is 9. The molecule has 1 amide bonds. The number of ether oxygens (including phenoxy) is 3. The lowest BCUT2D eigenvalue weighted by Gasteiger charge is -2.20. The highest BCUT2D eigenvalue weighted by Crippen LogP contribution is 2.34. The van der Waals surface area contributed by atoms with Crippen molar-refractivity contribution in [3.8, 4) is 23.0 Å². The molecule has 3 aromatic rings. The molecular formula is C30H33N3O4. The zero-order chi connectivity index (χ0) is 25.8. The summed E-state index contributed by atoms with van der Waals surface area (Å²) >= 11 is 0. The number of aryl methyl sites for hydroxylation is 2. The molecule has 3 aromatic carbocycles. The maximum Gasteiger partial charge on any atom is 0.256 e. The van der Waals surface area contributed by atoms with Crippen molar-refractivity contribution < 1.29 is 19.0 Å². The fourth-order valence-electron chi connectivity index (χ4n) is 4.63. The normalized spacial score (nSPS) is 16.2. The standard InChI is InChI=1S/C30H33N3O4/c1-20-7-9-23(10-8-20)37-29-17-24(11-12-26(29)31)35-14-3-4-15-36-28-18-27-25(16-21(28)2)30(34)33-13-5-6-22(33)19-32-27/h7-12,16-19,22H,3-6,13-15,31H2,1-2H3/t22-/m0/s1. The molecule has 1 atom stereocenters. The third kappa shape index (κ3) is 5.71. The zero-order valence-electron chi connectivity index (χ0n) is 21.4. The third-order valence-corrected chi connectivity index (χ3v) is 6.77. The Kier molecular flexibility index (Phi) is 7.30. The Balaban J connectivity index is 1.11. The van der Waals surface area contributed by atoms with Crippen LogP contribution in [0.3, 0.4) is 0 Å². The maximum absolute atomic E-state index is 13.0. The molecule has 192 valence electrons. The molecular weight excluding hydrogens is 466 g/mol. The van der Waals surface area contributed by atoms with Crippen LogP contribution in [-0.2, 0) is 0 Å². The van der Waals surface area contributed by atoms with Crippen molar-refractivity contribution in [2.75, 3.05) is 25.5 Å². The van der Waals surface area contributed by atoms with Crippen LogP contribution in [0.5, 0.6) is 23.0 Å². The first-order valence-electron chi connectivity index (χ1n) is 12.9. The Labute approximate surface area is 217 Å². The van der Waals surface area contributed by atoms with Crippen LogP contribution in [-0.4, -0.2) is 42.8 Å². The summed E-state index contributed by atoms with van der Waals surface area (Å²) < 4.78 is 17.9. The minimum Gasteiger partial charge on any atom is -0.493 e. The largest absolute Gasteiger partial charge is 0.493 e. The maximum atomic E-state index is 13.0. The van der Waals surface area contributed by atoms with E-state index in [-0.39, 0.29) is 11.9 Å². The van der Waals surface area contributed by atoms with E-state index < -0.39 is 0 Å². The SMILES string of the molecule is Cc1ccc(Oc2cc(OCCCCOc3cc4c(cc3C)C(=O)N3CCC[C@H]3C=N4)ccc2N)cc1.